The van der Waals surface area contributed by atoms with Gasteiger partial charge in [-0.05, 0) is 51.1 Å². The molecule has 0 aliphatic rings. The van der Waals surface area contributed by atoms with Crippen LogP contribution in [0.3, 0.4) is 0 Å². The molecular weight excluding hydrogens is 424 g/mol. The number of aryl methyl sites for hydroxylation is 1. The van der Waals surface area contributed by atoms with Crippen molar-refractivity contribution >= 4 is 23.1 Å². The summed E-state index contributed by atoms with van der Waals surface area (Å²) in [6.45, 7) is 13.6. The summed E-state index contributed by atoms with van der Waals surface area (Å²) in [6, 6.07) is 8.36. The van der Waals surface area contributed by atoms with E-state index in [1.54, 1.807) is 14.2 Å². The SMILES string of the molecule is C=C/C=C(\C=C/CNc1nc(Nc2cccc(N(CC)CCNC)c2)ncc1C)CC.COC. The lowest BCUT2D eigenvalue weighted by atomic mass is 10.2. The van der Waals surface area contributed by atoms with Gasteiger partial charge in [0.2, 0.25) is 5.95 Å². The van der Waals surface area contributed by atoms with Gasteiger partial charge in [-0.15, -0.1) is 0 Å². The van der Waals surface area contributed by atoms with Crippen LogP contribution in [0.1, 0.15) is 25.8 Å². The molecule has 0 unspecified atom stereocenters. The molecular formula is C27H42N6O. The van der Waals surface area contributed by atoms with Gasteiger partial charge < -0.3 is 25.6 Å². The fraction of sp³-hybridized carbons (Fsp3) is 0.407. The van der Waals surface area contributed by atoms with E-state index in [9.17, 15) is 0 Å². The third kappa shape index (κ3) is 10.6. The monoisotopic (exact) mass is 466 g/mol. The molecule has 0 saturated heterocycles. The number of allylic oxidation sites excluding steroid dienone is 4. The fourth-order valence-electron chi connectivity index (χ4n) is 3.12. The second-order valence-corrected chi connectivity index (χ2v) is 7.61. The maximum absolute atomic E-state index is 4.66. The third-order valence-electron chi connectivity index (χ3n) is 4.91. The van der Waals surface area contributed by atoms with Crippen LogP contribution in [0.15, 0.2) is 66.9 Å². The number of nitrogens with zero attached hydrogens (tertiary/aromatic N) is 3. The van der Waals surface area contributed by atoms with Gasteiger partial charge in [-0.25, -0.2) is 4.98 Å². The summed E-state index contributed by atoms with van der Waals surface area (Å²) in [7, 11) is 5.22. The van der Waals surface area contributed by atoms with Crippen LogP contribution in [0.4, 0.5) is 23.1 Å². The molecule has 2 aromatic rings. The Hall–Kier alpha value is -3.16. The molecule has 7 heteroatoms. The molecule has 0 aliphatic carbocycles. The Balaban J connectivity index is 0.00000182. The van der Waals surface area contributed by atoms with Gasteiger partial charge in [0.1, 0.15) is 5.82 Å². The van der Waals surface area contributed by atoms with E-state index in [0.29, 0.717) is 12.5 Å². The van der Waals surface area contributed by atoms with Crippen molar-refractivity contribution in [3.05, 3.63) is 72.5 Å². The molecule has 2 rings (SSSR count). The number of methoxy groups -OCH3 is 1. The summed E-state index contributed by atoms with van der Waals surface area (Å²) in [6.07, 6.45) is 10.9. The van der Waals surface area contributed by atoms with Crippen molar-refractivity contribution in [3.8, 4) is 0 Å². The maximum Gasteiger partial charge on any atom is 0.229 e. The first-order valence-corrected chi connectivity index (χ1v) is 11.7. The van der Waals surface area contributed by atoms with Gasteiger partial charge in [0.25, 0.3) is 0 Å². The standard InChI is InChI=1S/C25H36N6.C2H6O/c1-6-11-21(7-2)12-10-15-27-24-20(4)19-28-25(30-24)29-22-13-9-14-23(18-22)31(8-3)17-16-26-5;1-3-2/h6,9-14,18-19,26H,1,7-8,15-17H2,2-5H3,(H2,27,28,29,30);1-2H3/b12-10-,21-11-;. The minimum Gasteiger partial charge on any atom is -0.388 e. The predicted octanol–water partition coefficient (Wildman–Crippen LogP) is 5.33. The summed E-state index contributed by atoms with van der Waals surface area (Å²) in [5.41, 5.74) is 4.40. The van der Waals surface area contributed by atoms with Crippen LogP contribution in [-0.2, 0) is 4.74 Å². The summed E-state index contributed by atoms with van der Waals surface area (Å²) in [5, 5.41) is 9.92. The second kappa shape index (κ2) is 17.3. The minimum absolute atomic E-state index is 0.577. The molecule has 1 aromatic carbocycles. The highest BCUT2D eigenvalue weighted by molar-refractivity contribution is 5.63. The van der Waals surface area contributed by atoms with E-state index < -0.39 is 0 Å². The average molecular weight is 467 g/mol. The van der Waals surface area contributed by atoms with E-state index in [2.05, 4.69) is 86.3 Å². The van der Waals surface area contributed by atoms with Crippen molar-refractivity contribution in [1.29, 1.82) is 0 Å². The van der Waals surface area contributed by atoms with Gasteiger partial charge in [0.05, 0.1) is 0 Å². The van der Waals surface area contributed by atoms with E-state index >= 15 is 0 Å². The van der Waals surface area contributed by atoms with Crippen LogP contribution < -0.4 is 20.9 Å². The fourth-order valence-corrected chi connectivity index (χ4v) is 3.12. The van der Waals surface area contributed by atoms with Crippen LogP contribution in [0, 0.1) is 6.92 Å². The molecule has 3 N–H and O–H groups in total. The Kier molecular flexibility index (Phi) is 14.7. The van der Waals surface area contributed by atoms with Crippen molar-refractivity contribution in [3.63, 3.8) is 0 Å². The van der Waals surface area contributed by atoms with Crippen LogP contribution in [-0.4, -0.2) is 57.4 Å². The Bertz CT molecular complexity index is 910. The van der Waals surface area contributed by atoms with E-state index in [1.807, 2.05) is 38.4 Å². The molecule has 0 spiro atoms. The Morgan fingerprint density at radius 2 is 2.00 bits per heavy atom. The molecule has 7 nitrogen and oxygen atoms in total. The van der Waals surface area contributed by atoms with E-state index in [0.717, 1.165) is 43.1 Å². The quantitative estimate of drug-likeness (QED) is 0.345. The highest BCUT2D eigenvalue weighted by Crippen LogP contribution is 2.22. The first-order valence-electron chi connectivity index (χ1n) is 11.7. The molecule has 1 aromatic heterocycles. The minimum atomic E-state index is 0.577. The number of aromatic nitrogens is 2. The largest absolute Gasteiger partial charge is 0.388 e. The Morgan fingerprint density at radius 1 is 1.24 bits per heavy atom. The topological polar surface area (TPSA) is 74.3 Å². The number of likely N-dealkylation sites (N-methyl/N-ethyl adjacent to an activating group) is 2. The number of ether oxygens (including phenoxy) is 1. The number of benzene rings is 1. The van der Waals surface area contributed by atoms with Crippen molar-refractivity contribution in [1.82, 2.24) is 15.3 Å². The molecule has 34 heavy (non-hydrogen) atoms. The summed E-state index contributed by atoms with van der Waals surface area (Å²) < 4.78 is 4.25. The molecule has 0 bridgehead atoms. The molecule has 0 saturated carbocycles. The lowest BCUT2D eigenvalue weighted by Crippen LogP contribution is -2.30. The van der Waals surface area contributed by atoms with Crippen molar-refractivity contribution in [2.24, 2.45) is 0 Å². The number of nitrogens with one attached hydrogen (secondary N) is 3. The first-order chi connectivity index (χ1) is 16.5. The van der Waals surface area contributed by atoms with Crippen LogP contribution in [0.5, 0.6) is 0 Å². The predicted molar refractivity (Wildman–Crippen MR) is 147 cm³/mol. The number of anilines is 4. The van der Waals surface area contributed by atoms with Gasteiger partial charge >= 0.3 is 0 Å². The highest BCUT2D eigenvalue weighted by atomic mass is 16.4. The third-order valence-corrected chi connectivity index (χ3v) is 4.91. The molecule has 0 aliphatic heterocycles. The van der Waals surface area contributed by atoms with Crippen LogP contribution in [0.25, 0.3) is 0 Å². The molecule has 0 fully saturated rings. The average Bonchev–Trinajstić information content (AvgIpc) is 2.84. The van der Waals surface area contributed by atoms with Crippen molar-refractivity contribution in [2.45, 2.75) is 27.2 Å². The van der Waals surface area contributed by atoms with E-state index in [4.69, 9.17) is 0 Å². The molecule has 0 atom stereocenters. The first kappa shape index (κ1) is 28.9. The van der Waals surface area contributed by atoms with E-state index in [-0.39, 0.29) is 0 Å². The molecule has 0 radical (unpaired) electrons. The summed E-state index contributed by atoms with van der Waals surface area (Å²) >= 11 is 0. The molecule has 186 valence electrons. The lowest BCUT2D eigenvalue weighted by Gasteiger charge is -2.23. The van der Waals surface area contributed by atoms with Gasteiger partial charge in [-0.2, -0.15) is 4.98 Å². The number of hydrogen-bond donors (Lipinski definition) is 3. The second-order valence-electron chi connectivity index (χ2n) is 7.61. The van der Waals surface area contributed by atoms with Gasteiger partial charge in [-0.1, -0.05) is 43.9 Å². The van der Waals surface area contributed by atoms with Gasteiger partial charge in [0.15, 0.2) is 0 Å². The number of hydrogen-bond acceptors (Lipinski definition) is 7. The molecule has 0 amide bonds. The van der Waals surface area contributed by atoms with Gasteiger partial charge in [-0.3, -0.25) is 0 Å². The van der Waals surface area contributed by atoms with Crippen molar-refractivity contribution in [2.75, 3.05) is 63.0 Å². The van der Waals surface area contributed by atoms with Crippen molar-refractivity contribution < 1.29 is 4.74 Å². The summed E-state index contributed by atoms with van der Waals surface area (Å²) in [5.74, 6) is 1.40. The van der Waals surface area contributed by atoms with Crippen LogP contribution >= 0.6 is 0 Å². The zero-order chi connectivity index (χ0) is 25.2. The zero-order valence-corrected chi connectivity index (χ0v) is 21.7. The van der Waals surface area contributed by atoms with E-state index in [1.165, 1.54) is 11.3 Å². The lowest BCUT2D eigenvalue weighted by molar-refractivity contribution is 0.277. The van der Waals surface area contributed by atoms with Crippen LogP contribution in [0.2, 0.25) is 0 Å². The highest BCUT2D eigenvalue weighted by Gasteiger charge is 2.07. The summed E-state index contributed by atoms with van der Waals surface area (Å²) in [4.78, 5) is 11.4. The van der Waals surface area contributed by atoms with Gasteiger partial charge in [0, 0.05) is 63.5 Å². The smallest absolute Gasteiger partial charge is 0.229 e. The Morgan fingerprint density at radius 3 is 2.65 bits per heavy atom. The normalized spacial score (nSPS) is 11.1. The maximum atomic E-state index is 4.66. The number of rotatable bonds is 13. The zero-order valence-electron chi connectivity index (χ0n) is 21.7. The Labute approximate surface area is 206 Å². The molecule has 1 heterocycles.